The van der Waals surface area contributed by atoms with Gasteiger partial charge in [-0.2, -0.15) is 0 Å². The zero-order valence-electron chi connectivity index (χ0n) is 25.8. The number of carbonyl (C=O) groups is 1. The predicted molar refractivity (Wildman–Crippen MR) is 176 cm³/mol. The van der Waals surface area contributed by atoms with Gasteiger partial charge in [0.05, 0.1) is 11.9 Å². The maximum Gasteiger partial charge on any atom is 0.356 e. The highest BCUT2D eigenvalue weighted by Crippen LogP contribution is 2.56. The van der Waals surface area contributed by atoms with Crippen molar-refractivity contribution in [2.45, 2.75) is 88.5 Å². The van der Waals surface area contributed by atoms with Gasteiger partial charge in [-0.15, -0.1) is 0 Å². The van der Waals surface area contributed by atoms with Crippen LogP contribution in [0.2, 0.25) is 5.02 Å². The van der Waals surface area contributed by atoms with E-state index >= 15 is 0 Å². The van der Waals surface area contributed by atoms with E-state index in [0.29, 0.717) is 48.9 Å². The smallest absolute Gasteiger partial charge is 0.356 e. The lowest BCUT2D eigenvalue weighted by Gasteiger charge is -2.47. The Morgan fingerprint density at radius 2 is 1.93 bits per heavy atom. The van der Waals surface area contributed by atoms with Crippen molar-refractivity contribution in [3.05, 3.63) is 82.1 Å². The van der Waals surface area contributed by atoms with E-state index in [1.807, 2.05) is 24.4 Å². The van der Waals surface area contributed by atoms with Crippen LogP contribution in [0.25, 0.3) is 0 Å². The van der Waals surface area contributed by atoms with Crippen LogP contribution in [0, 0.1) is 11.8 Å². The standard InChI is InChI=1S/C35H42ClN2O6P/c1-22(21-44-31-11-16-37-30-8-3-5-23(2)32(30)31)17-25-18-24-9-10-28(45(41,42)43)20-29(24)34(25)12-14-35(15-13-34,33(39)40)38-27-7-4-6-26(36)19-27/h4,6-7,9-11,16,19-20,22-23,25,38H,3,5,8,12-15,17-18,21H2,1-2H3,(H,39,40)(H2,41,42,43)/t22-,23-,25+,34?,35?/m1/s1. The van der Waals surface area contributed by atoms with Crippen LogP contribution in [0.15, 0.2) is 54.7 Å². The van der Waals surface area contributed by atoms with Gasteiger partial charge in [0.25, 0.3) is 0 Å². The number of pyridine rings is 1. The summed E-state index contributed by atoms with van der Waals surface area (Å²) in [6.45, 7) is 4.98. The first-order valence-corrected chi connectivity index (χ1v) is 18.0. The molecule has 0 aliphatic heterocycles. The number of benzene rings is 2. The molecular formula is C35H42ClN2O6P. The molecule has 3 aliphatic carbocycles. The number of hydrogen-bond acceptors (Lipinski definition) is 5. The summed E-state index contributed by atoms with van der Waals surface area (Å²) in [4.78, 5) is 37.5. The molecule has 1 spiro atoms. The van der Waals surface area contributed by atoms with Gasteiger partial charge < -0.3 is 24.9 Å². The quantitative estimate of drug-likeness (QED) is 0.182. The van der Waals surface area contributed by atoms with Gasteiger partial charge in [0.15, 0.2) is 0 Å². The Morgan fingerprint density at radius 3 is 2.64 bits per heavy atom. The molecule has 3 aromatic rings. The van der Waals surface area contributed by atoms with E-state index in [9.17, 15) is 24.3 Å². The minimum atomic E-state index is -4.46. The Bertz CT molecular complexity index is 1630. The third kappa shape index (κ3) is 6.27. The number of aromatic nitrogens is 1. The lowest BCUT2D eigenvalue weighted by Crippen LogP contribution is -2.53. The number of halogens is 1. The Balaban J connectivity index is 1.26. The number of carboxylic acids is 1. The van der Waals surface area contributed by atoms with E-state index in [0.717, 1.165) is 54.7 Å². The molecular weight excluding hydrogens is 611 g/mol. The van der Waals surface area contributed by atoms with Gasteiger partial charge in [-0.05, 0) is 128 Å². The van der Waals surface area contributed by atoms with Gasteiger partial charge >= 0.3 is 13.6 Å². The molecule has 3 atom stereocenters. The molecule has 0 radical (unpaired) electrons. The number of nitrogens with zero attached hydrogens (tertiary/aromatic N) is 1. The van der Waals surface area contributed by atoms with E-state index in [2.05, 4.69) is 24.1 Å². The summed E-state index contributed by atoms with van der Waals surface area (Å²) in [7, 11) is -4.46. The average molecular weight is 653 g/mol. The molecule has 1 aromatic heterocycles. The first-order chi connectivity index (χ1) is 21.4. The molecule has 240 valence electrons. The molecule has 2 aromatic carbocycles. The monoisotopic (exact) mass is 652 g/mol. The average Bonchev–Trinajstić information content (AvgIpc) is 3.28. The topological polar surface area (TPSA) is 129 Å². The molecule has 0 amide bonds. The minimum absolute atomic E-state index is 0.0151. The first kappa shape index (κ1) is 32.1. The number of rotatable bonds is 9. The fraction of sp³-hybridized carbons (Fsp3) is 0.486. The number of aryl methyl sites for hydroxylation is 1. The molecule has 3 aliphatic rings. The van der Waals surface area contributed by atoms with Crippen molar-refractivity contribution in [1.29, 1.82) is 0 Å². The Morgan fingerprint density at radius 1 is 1.16 bits per heavy atom. The van der Waals surface area contributed by atoms with Gasteiger partial charge in [0, 0.05) is 28.2 Å². The Kier molecular flexibility index (Phi) is 8.81. The van der Waals surface area contributed by atoms with Crippen molar-refractivity contribution < 1.29 is 29.0 Å². The molecule has 1 saturated carbocycles. The van der Waals surface area contributed by atoms with Crippen LogP contribution >= 0.6 is 19.2 Å². The zero-order valence-corrected chi connectivity index (χ0v) is 27.5. The van der Waals surface area contributed by atoms with Crippen molar-refractivity contribution in [1.82, 2.24) is 4.98 Å². The maximum atomic E-state index is 12.8. The van der Waals surface area contributed by atoms with Gasteiger partial charge in [0.1, 0.15) is 11.3 Å². The van der Waals surface area contributed by atoms with Gasteiger partial charge in [-0.3, -0.25) is 9.55 Å². The first-order valence-electron chi connectivity index (χ1n) is 16.0. The molecule has 4 N–H and O–H groups in total. The number of fused-ring (bicyclic) bond motifs is 3. The van der Waals surface area contributed by atoms with Crippen LogP contribution in [-0.4, -0.2) is 38.0 Å². The van der Waals surface area contributed by atoms with E-state index in [4.69, 9.17) is 16.3 Å². The molecule has 8 nitrogen and oxygen atoms in total. The summed E-state index contributed by atoms with van der Waals surface area (Å²) in [5.41, 5.74) is 3.51. The highest BCUT2D eigenvalue weighted by atomic mass is 35.5. The highest BCUT2D eigenvalue weighted by molar-refractivity contribution is 7.60. The third-order valence-electron chi connectivity index (χ3n) is 10.6. The van der Waals surface area contributed by atoms with Crippen LogP contribution in [-0.2, 0) is 27.6 Å². The molecule has 10 heteroatoms. The summed E-state index contributed by atoms with van der Waals surface area (Å²) in [5.74, 6) is 0.821. The van der Waals surface area contributed by atoms with Crippen molar-refractivity contribution in [2.75, 3.05) is 11.9 Å². The molecule has 0 unspecified atom stereocenters. The number of carboxylic acid groups (broad SMARTS) is 1. The number of ether oxygens (including phenoxy) is 1. The molecule has 1 fully saturated rings. The van der Waals surface area contributed by atoms with Crippen LogP contribution in [0.3, 0.4) is 0 Å². The van der Waals surface area contributed by atoms with Crippen molar-refractivity contribution >= 4 is 36.2 Å². The van der Waals surface area contributed by atoms with Crippen LogP contribution < -0.4 is 15.4 Å². The normalized spacial score (nSPS) is 26.6. The summed E-state index contributed by atoms with van der Waals surface area (Å²) >= 11 is 6.20. The fourth-order valence-electron chi connectivity index (χ4n) is 8.27. The number of nitrogens with one attached hydrogen (secondary N) is 1. The third-order valence-corrected chi connectivity index (χ3v) is 11.8. The summed E-state index contributed by atoms with van der Waals surface area (Å²) < 4.78 is 18.8. The number of anilines is 1. The summed E-state index contributed by atoms with van der Waals surface area (Å²) in [5, 5.41) is 14.3. The summed E-state index contributed by atoms with van der Waals surface area (Å²) in [6, 6.07) is 14.2. The van der Waals surface area contributed by atoms with Crippen molar-refractivity contribution in [3.8, 4) is 5.75 Å². The van der Waals surface area contributed by atoms with Gasteiger partial charge in [0.2, 0.25) is 0 Å². The molecule has 1 heterocycles. The molecule has 45 heavy (non-hydrogen) atoms. The van der Waals surface area contributed by atoms with Crippen molar-refractivity contribution in [2.24, 2.45) is 11.8 Å². The second-order valence-electron chi connectivity index (χ2n) is 13.6. The Labute approximate surface area is 269 Å². The zero-order chi connectivity index (χ0) is 32.0. The van der Waals surface area contributed by atoms with Crippen LogP contribution in [0.4, 0.5) is 5.69 Å². The maximum absolute atomic E-state index is 12.8. The summed E-state index contributed by atoms with van der Waals surface area (Å²) in [6.07, 6.45) is 8.64. The highest BCUT2D eigenvalue weighted by Gasteiger charge is 2.54. The second-order valence-corrected chi connectivity index (χ2v) is 15.6. The van der Waals surface area contributed by atoms with Crippen LogP contribution in [0.5, 0.6) is 5.75 Å². The van der Waals surface area contributed by atoms with Gasteiger partial charge in [-0.1, -0.05) is 37.6 Å². The Hall–Kier alpha value is -2.90. The predicted octanol–water partition coefficient (Wildman–Crippen LogP) is 7.00. The lowest BCUT2D eigenvalue weighted by molar-refractivity contribution is -0.144. The lowest BCUT2D eigenvalue weighted by atomic mass is 9.59. The number of hydrogen-bond donors (Lipinski definition) is 4. The molecule has 6 rings (SSSR count). The van der Waals surface area contributed by atoms with E-state index in [1.165, 1.54) is 5.56 Å². The minimum Gasteiger partial charge on any atom is -0.493 e. The number of aliphatic carboxylic acids is 1. The molecule has 0 bridgehead atoms. The molecule has 0 saturated heterocycles. The largest absolute Gasteiger partial charge is 0.493 e. The fourth-order valence-corrected chi connectivity index (χ4v) is 9.02. The SMILES string of the molecule is C[C@@H](COc1ccnc2c1[C@H](C)CCC2)C[C@H]1Cc2ccc(P(=O)(O)O)cc2C12CCC(Nc1cccc(Cl)c1)(C(=O)O)CC2. The van der Waals surface area contributed by atoms with E-state index < -0.39 is 24.5 Å². The van der Waals surface area contributed by atoms with Crippen LogP contribution in [0.1, 0.15) is 87.1 Å². The van der Waals surface area contributed by atoms with E-state index in [-0.39, 0.29) is 17.1 Å². The van der Waals surface area contributed by atoms with E-state index in [1.54, 1.807) is 30.3 Å². The second kappa shape index (κ2) is 12.4. The van der Waals surface area contributed by atoms with Crippen molar-refractivity contribution in [3.63, 3.8) is 0 Å². The van der Waals surface area contributed by atoms with Gasteiger partial charge in [-0.25, -0.2) is 4.79 Å².